The third kappa shape index (κ3) is 3.29. The highest BCUT2D eigenvalue weighted by molar-refractivity contribution is 5.85. The van der Waals surface area contributed by atoms with Crippen molar-refractivity contribution in [3.8, 4) is 0 Å². The molecule has 1 heterocycles. The Balaban J connectivity index is 0.00000112. The van der Waals surface area contributed by atoms with Gasteiger partial charge in [-0.2, -0.15) is 0 Å². The van der Waals surface area contributed by atoms with E-state index in [1.165, 1.54) is 11.8 Å². The van der Waals surface area contributed by atoms with Crippen LogP contribution in [0, 0.1) is 0 Å². The monoisotopic (exact) mass is 225 g/mol. The summed E-state index contributed by atoms with van der Waals surface area (Å²) in [4.78, 5) is 10.8. The van der Waals surface area contributed by atoms with Gasteiger partial charge in [-0.25, -0.2) is 0 Å². The molecule has 2 rings (SSSR count). The molecule has 4 heteroatoms. The molecule has 0 radical (unpaired) electrons. The second-order valence-electron chi connectivity index (χ2n) is 3.15. The first-order valence-corrected chi connectivity index (χ1v) is 4.51. The van der Waals surface area contributed by atoms with Crippen molar-refractivity contribution in [2.45, 2.75) is 13.0 Å². The Hall–Kier alpha value is -1.48. The predicted octanol–water partition coefficient (Wildman–Crippen LogP) is 1.99. The highest BCUT2D eigenvalue weighted by Crippen LogP contribution is 2.09. The van der Waals surface area contributed by atoms with E-state index < -0.39 is 0 Å². The van der Waals surface area contributed by atoms with Crippen LogP contribution in [0.1, 0.15) is 12.0 Å². The molecule has 15 heavy (non-hydrogen) atoms. The Kier molecular flexibility index (Phi) is 4.18. The lowest BCUT2D eigenvalue weighted by atomic mass is 10.2. The van der Waals surface area contributed by atoms with Gasteiger partial charge < -0.3 is 10.1 Å². The average Bonchev–Trinajstić information content (AvgIpc) is 2.63. The van der Waals surface area contributed by atoms with E-state index in [4.69, 9.17) is 4.74 Å². The Labute approximate surface area is 94.5 Å². The SMILES string of the molecule is Cl.O=C1CC(NCc2ccccc2)=CO1. The minimum absolute atomic E-state index is 0. The summed E-state index contributed by atoms with van der Waals surface area (Å²) in [5.41, 5.74) is 2.03. The lowest BCUT2D eigenvalue weighted by Crippen LogP contribution is -2.11. The van der Waals surface area contributed by atoms with Crippen molar-refractivity contribution in [1.29, 1.82) is 0 Å². The first-order valence-electron chi connectivity index (χ1n) is 4.51. The first-order chi connectivity index (χ1) is 6.84. The van der Waals surface area contributed by atoms with Crippen LogP contribution in [-0.4, -0.2) is 5.97 Å². The zero-order valence-electron chi connectivity index (χ0n) is 8.10. The minimum Gasteiger partial charge on any atom is -0.432 e. The number of carbonyl (C=O) groups excluding carboxylic acids is 1. The van der Waals surface area contributed by atoms with Crippen LogP contribution in [-0.2, 0) is 16.1 Å². The molecule has 1 aromatic rings. The van der Waals surface area contributed by atoms with Crippen LogP contribution >= 0.6 is 12.4 Å². The highest BCUT2D eigenvalue weighted by atomic mass is 35.5. The molecule has 0 aromatic heterocycles. The number of benzene rings is 1. The summed E-state index contributed by atoms with van der Waals surface area (Å²) < 4.78 is 4.69. The van der Waals surface area contributed by atoms with Crippen LogP contribution < -0.4 is 5.32 Å². The van der Waals surface area contributed by atoms with Gasteiger partial charge in [-0.1, -0.05) is 30.3 Å². The molecule has 0 amide bonds. The van der Waals surface area contributed by atoms with Crippen LogP contribution in [0.15, 0.2) is 42.3 Å². The third-order valence-corrected chi connectivity index (χ3v) is 2.03. The van der Waals surface area contributed by atoms with Crippen molar-refractivity contribution in [1.82, 2.24) is 5.32 Å². The molecule has 80 valence electrons. The second kappa shape index (κ2) is 5.41. The largest absolute Gasteiger partial charge is 0.432 e. The maximum atomic E-state index is 10.8. The van der Waals surface area contributed by atoms with E-state index in [1.54, 1.807) is 0 Å². The Morgan fingerprint density at radius 3 is 2.60 bits per heavy atom. The molecule has 0 aliphatic carbocycles. The van der Waals surface area contributed by atoms with Gasteiger partial charge in [-0.05, 0) is 5.56 Å². The number of hydrogen-bond donors (Lipinski definition) is 1. The van der Waals surface area contributed by atoms with Crippen LogP contribution in [0.5, 0.6) is 0 Å². The normalized spacial score (nSPS) is 13.9. The minimum atomic E-state index is -0.194. The van der Waals surface area contributed by atoms with Crippen LogP contribution in [0.4, 0.5) is 0 Å². The van der Waals surface area contributed by atoms with Gasteiger partial charge >= 0.3 is 5.97 Å². The van der Waals surface area contributed by atoms with Crippen molar-refractivity contribution in [2.75, 3.05) is 0 Å². The number of ether oxygens (including phenoxy) is 1. The predicted molar refractivity (Wildman–Crippen MR) is 59.3 cm³/mol. The Morgan fingerprint density at radius 2 is 2.00 bits per heavy atom. The molecule has 1 aliphatic heterocycles. The van der Waals surface area contributed by atoms with Crippen LogP contribution in [0.2, 0.25) is 0 Å². The summed E-state index contributed by atoms with van der Waals surface area (Å²) >= 11 is 0. The lowest BCUT2D eigenvalue weighted by Gasteiger charge is -2.04. The summed E-state index contributed by atoms with van der Waals surface area (Å²) in [7, 11) is 0. The molecule has 0 spiro atoms. The molecule has 0 saturated carbocycles. The van der Waals surface area contributed by atoms with Gasteiger partial charge in [0.25, 0.3) is 0 Å². The van der Waals surface area contributed by atoms with Gasteiger partial charge in [0.1, 0.15) is 6.26 Å². The highest BCUT2D eigenvalue weighted by Gasteiger charge is 2.13. The summed E-state index contributed by atoms with van der Waals surface area (Å²) in [6.07, 6.45) is 1.83. The zero-order valence-corrected chi connectivity index (χ0v) is 8.92. The number of rotatable bonds is 3. The summed E-state index contributed by atoms with van der Waals surface area (Å²) in [5, 5.41) is 3.14. The summed E-state index contributed by atoms with van der Waals surface area (Å²) in [6, 6.07) is 10.0. The van der Waals surface area contributed by atoms with E-state index in [2.05, 4.69) is 5.32 Å². The summed E-state index contributed by atoms with van der Waals surface area (Å²) in [5.74, 6) is -0.194. The maximum Gasteiger partial charge on any atom is 0.316 e. The van der Waals surface area contributed by atoms with Crippen molar-refractivity contribution in [3.63, 3.8) is 0 Å². The van der Waals surface area contributed by atoms with Gasteiger partial charge in [0.15, 0.2) is 0 Å². The standard InChI is InChI=1S/C11H11NO2.ClH/c13-11-6-10(8-14-11)12-7-9-4-2-1-3-5-9;/h1-5,8,12H,6-7H2;1H. The molecule has 0 bridgehead atoms. The van der Waals surface area contributed by atoms with Crippen molar-refractivity contribution < 1.29 is 9.53 Å². The van der Waals surface area contributed by atoms with E-state index in [0.717, 1.165) is 12.2 Å². The number of nitrogens with one attached hydrogen (secondary N) is 1. The van der Waals surface area contributed by atoms with Gasteiger partial charge in [-0.3, -0.25) is 4.79 Å². The third-order valence-electron chi connectivity index (χ3n) is 2.03. The van der Waals surface area contributed by atoms with E-state index >= 15 is 0 Å². The number of halogens is 1. The van der Waals surface area contributed by atoms with Gasteiger partial charge in [0.05, 0.1) is 12.1 Å². The number of cyclic esters (lactones) is 1. The van der Waals surface area contributed by atoms with Crippen molar-refractivity contribution in [2.24, 2.45) is 0 Å². The fourth-order valence-electron chi connectivity index (χ4n) is 1.29. The van der Waals surface area contributed by atoms with Gasteiger partial charge in [0, 0.05) is 6.54 Å². The van der Waals surface area contributed by atoms with E-state index in [9.17, 15) is 4.79 Å². The van der Waals surface area contributed by atoms with E-state index in [1.807, 2.05) is 30.3 Å². The quantitative estimate of drug-likeness (QED) is 0.800. The van der Waals surface area contributed by atoms with Gasteiger partial charge in [0.2, 0.25) is 0 Å². The smallest absolute Gasteiger partial charge is 0.316 e. The van der Waals surface area contributed by atoms with Crippen LogP contribution in [0.3, 0.4) is 0 Å². The van der Waals surface area contributed by atoms with Gasteiger partial charge in [-0.15, -0.1) is 12.4 Å². The maximum absolute atomic E-state index is 10.8. The molecule has 0 atom stereocenters. The number of carbonyl (C=O) groups is 1. The Bertz CT molecular complexity index is 362. The molecule has 1 N–H and O–H groups in total. The number of hydrogen-bond acceptors (Lipinski definition) is 3. The van der Waals surface area contributed by atoms with E-state index in [-0.39, 0.29) is 18.4 Å². The van der Waals surface area contributed by atoms with Crippen molar-refractivity contribution >= 4 is 18.4 Å². The summed E-state index contributed by atoms with van der Waals surface area (Å²) in [6.45, 7) is 0.726. The van der Waals surface area contributed by atoms with E-state index in [0.29, 0.717) is 6.42 Å². The topological polar surface area (TPSA) is 38.3 Å². The lowest BCUT2D eigenvalue weighted by molar-refractivity contribution is -0.135. The average molecular weight is 226 g/mol. The molecular formula is C11H12ClNO2. The number of esters is 1. The molecule has 1 aliphatic rings. The molecular weight excluding hydrogens is 214 g/mol. The fourth-order valence-corrected chi connectivity index (χ4v) is 1.29. The van der Waals surface area contributed by atoms with Crippen molar-refractivity contribution in [3.05, 3.63) is 47.9 Å². The Morgan fingerprint density at radius 1 is 1.27 bits per heavy atom. The zero-order chi connectivity index (χ0) is 9.80. The fraction of sp³-hybridized carbons (Fsp3) is 0.182. The molecule has 0 fully saturated rings. The molecule has 0 saturated heterocycles. The molecule has 0 unspecified atom stereocenters. The van der Waals surface area contributed by atoms with Crippen LogP contribution in [0.25, 0.3) is 0 Å². The molecule has 3 nitrogen and oxygen atoms in total. The first kappa shape index (κ1) is 11.6. The molecule has 1 aromatic carbocycles. The second-order valence-corrected chi connectivity index (χ2v) is 3.15.